The van der Waals surface area contributed by atoms with Gasteiger partial charge in [0.2, 0.25) is 0 Å². The minimum absolute atomic E-state index is 0.0128. The summed E-state index contributed by atoms with van der Waals surface area (Å²) in [7, 11) is 1.42. The summed E-state index contributed by atoms with van der Waals surface area (Å²) in [5, 5.41) is 10.4. The number of ketones is 1. The molecule has 0 amide bonds. The van der Waals surface area contributed by atoms with Crippen molar-refractivity contribution in [2.45, 2.75) is 31.6 Å². The summed E-state index contributed by atoms with van der Waals surface area (Å²) in [5.41, 5.74) is 3.32. The largest absolute Gasteiger partial charge is 0.503 e. The number of Topliss-reactive ketones (excluding diaryl/α,β-unsaturated/α-hetero) is 1. The summed E-state index contributed by atoms with van der Waals surface area (Å²) < 4.78 is 16.7. The zero-order valence-corrected chi connectivity index (χ0v) is 23.1. The monoisotopic (exact) mass is 559 g/mol. The van der Waals surface area contributed by atoms with Crippen molar-refractivity contribution in [1.82, 2.24) is 0 Å². The zero-order valence-electron chi connectivity index (χ0n) is 22.3. The molecule has 0 aromatic heterocycles. The smallest absolute Gasteiger partial charge is 0.315 e. The number of esters is 1. The molecule has 1 N–H and O–H groups in total. The Morgan fingerprint density at radius 3 is 2.40 bits per heavy atom. The van der Waals surface area contributed by atoms with Crippen LogP contribution in [-0.4, -0.2) is 42.9 Å². The summed E-state index contributed by atoms with van der Waals surface area (Å²) in [6, 6.07) is 22.3. The van der Waals surface area contributed by atoms with Gasteiger partial charge < -0.3 is 19.3 Å². The minimum atomic E-state index is -0.863. The van der Waals surface area contributed by atoms with E-state index in [1.54, 1.807) is 19.1 Å². The Morgan fingerprint density at radius 1 is 1.00 bits per heavy atom. The van der Waals surface area contributed by atoms with Crippen molar-refractivity contribution in [2.24, 2.45) is 10.9 Å². The number of rotatable bonds is 8. The van der Waals surface area contributed by atoms with E-state index in [4.69, 9.17) is 30.8 Å². The van der Waals surface area contributed by atoms with E-state index >= 15 is 0 Å². The SMILES string of the molecule is COc1cc([C@@H]2C3=C(C[C@@H](c4ccccc4)CC3=O)N=C(C)C2C(=O)OCCOc2ccccc2)cc(Cl)c1O. The minimum Gasteiger partial charge on any atom is -0.503 e. The first-order chi connectivity index (χ1) is 19.4. The number of halogens is 1. The number of hydrogen-bond acceptors (Lipinski definition) is 7. The maximum absolute atomic E-state index is 13.8. The predicted molar refractivity (Wildman–Crippen MR) is 152 cm³/mol. The number of aromatic hydroxyl groups is 1. The number of carbonyl (C=O) groups is 2. The van der Waals surface area contributed by atoms with Gasteiger partial charge in [-0.2, -0.15) is 0 Å². The molecule has 3 aromatic carbocycles. The number of methoxy groups -OCH3 is 1. The highest BCUT2D eigenvalue weighted by molar-refractivity contribution is 6.32. The summed E-state index contributed by atoms with van der Waals surface area (Å²) in [6.07, 6.45) is 0.859. The van der Waals surface area contributed by atoms with Crippen LogP contribution in [0.3, 0.4) is 0 Å². The molecule has 0 fully saturated rings. The molecule has 3 aromatic rings. The molecule has 0 bridgehead atoms. The molecule has 8 heteroatoms. The van der Waals surface area contributed by atoms with Gasteiger partial charge in [-0.1, -0.05) is 60.1 Å². The van der Waals surface area contributed by atoms with E-state index in [1.807, 2.05) is 60.7 Å². The average molecular weight is 560 g/mol. The van der Waals surface area contributed by atoms with Crippen LogP contribution in [0.15, 0.2) is 89.1 Å². The molecule has 1 heterocycles. The van der Waals surface area contributed by atoms with Crippen LogP contribution in [0.4, 0.5) is 0 Å². The molecule has 0 radical (unpaired) electrons. The average Bonchev–Trinajstić information content (AvgIpc) is 2.96. The fourth-order valence-electron chi connectivity index (χ4n) is 5.52. The Morgan fingerprint density at radius 2 is 1.70 bits per heavy atom. The predicted octanol–water partition coefficient (Wildman–Crippen LogP) is 6.25. The van der Waals surface area contributed by atoms with Crippen molar-refractivity contribution in [3.05, 3.63) is 100 Å². The molecular formula is C32H30ClNO6. The highest BCUT2D eigenvalue weighted by Gasteiger charge is 2.45. The lowest BCUT2D eigenvalue weighted by atomic mass is 9.69. The van der Waals surface area contributed by atoms with Crippen LogP contribution < -0.4 is 9.47 Å². The van der Waals surface area contributed by atoms with Gasteiger partial charge in [0.25, 0.3) is 0 Å². The Labute approximate surface area is 238 Å². The van der Waals surface area contributed by atoms with Gasteiger partial charge in [0.15, 0.2) is 17.3 Å². The van der Waals surface area contributed by atoms with E-state index < -0.39 is 17.8 Å². The van der Waals surface area contributed by atoms with Crippen LogP contribution in [0.5, 0.6) is 17.2 Å². The standard InChI is InChI=1S/C32H30ClNO6/c1-19-28(32(37)40-14-13-39-23-11-7-4-8-12-23)29(22-15-24(33)31(36)27(18-22)38-2)30-25(34-19)16-21(17-26(30)35)20-9-5-3-6-10-20/h3-12,15,18,21,28-29,36H,13-14,16-17H2,1-2H3/t21-,28?,29+/m1/s1. The lowest BCUT2D eigenvalue weighted by molar-refractivity contribution is -0.147. The molecule has 5 rings (SSSR count). The fraction of sp³-hybridized carbons (Fsp3) is 0.281. The number of phenols is 1. The summed E-state index contributed by atoms with van der Waals surface area (Å²) in [5.74, 6) is -1.56. The molecule has 2 aliphatic rings. The first-order valence-electron chi connectivity index (χ1n) is 13.1. The van der Waals surface area contributed by atoms with Gasteiger partial charge in [-0.3, -0.25) is 14.6 Å². The summed E-state index contributed by atoms with van der Waals surface area (Å²) >= 11 is 6.36. The van der Waals surface area contributed by atoms with E-state index in [0.29, 0.717) is 41.1 Å². The van der Waals surface area contributed by atoms with Gasteiger partial charge >= 0.3 is 5.97 Å². The van der Waals surface area contributed by atoms with Crippen molar-refractivity contribution in [1.29, 1.82) is 0 Å². The first-order valence-corrected chi connectivity index (χ1v) is 13.5. The first kappa shape index (κ1) is 27.5. The number of aliphatic imine (C=N–C) groups is 1. The zero-order chi connectivity index (χ0) is 28.2. The van der Waals surface area contributed by atoms with E-state index in [9.17, 15) is 14.7 Å². The summed E-state index contributed by atoms with van der Waals surface area (Å²) in [6.45, 7) is 1.98. The number of para-hydroxylation sites is 1. The molecular weight excluding hydrogens is 530 g/mol. The third kappa shape index (κ3) is 5.61. The third-order valence-electron chi connectivity index (χ3n) is 7.38. The molecule has 1 aliphatic heterocycles. The molecule has 0 saturated carbocycles. The lowest BCUT2D eigenvalue weighted by Gasteiger charge is -2.36. The van der Waals surface area contributed by atoms with Crippen LogP contribution in [0.2, 0.25) is 5.02 Å². The van der Waals surface area contributed by atoms with Gasteiger partial charge in [-0.15, -0.1) is 0 Å². The van der Waals surface area contributed by atoms with Gasteiger partial charge in [-0.05, 0) is 54.7 Å². The maximum atomic E-state index is 13.8. The quantitative estimate of drug-likeness (QED) is 0.259. The number of carbonyl (C=O) groups excluding carboxylic acids is 2. The topological polar surface area (TPSA) is 94.4 Å². The molecule has 1 unspecified atom stereocenters. The third-order valence-corrected chi connectivity index (χ3v) is 7.67. The molecule has 206 valence electrons. The van der Waals surface area contributed by atoms with Crippen LogP contribution in [0.1, 0.15) is 42.7 Å². The molecule has 1 aliphatic carbocycles. The molecule has 7 nitrogen and oxygen atoms in total. The van der Waals surface area contributed by atoms with E-state index in [2.05, 4.69) is 0 Å². The second kappa shape index (κ2) is 12.0. The van der Waals surface area contributed by atoms with Gasteiger partial charge in [0.1, 0.15) is 24.9 Å². The molecule has 40 heavy (non-hydrogen) atoms. The Balaban J connectivity index is 1.47. The van der Waals surface area contributed by atoms with Crippen molar-refractivity contribution in [3.63, 3.8) is 0 Å². The molecule has 0 spiro atoms. The normalized spacial score (nSPS) is 20.4. The lowest BCUT2D eigenvalue weighted by Crippen LogP contribution is -2.38. The Hall–Kier alpha value is -4.10. The maximum Gasteiger partial charge on any atom is 0.315 e. The van der Waals surface area contributed by atoms with E-state index in [0.717, 1.165) is 5.56 Å². The van der Waals surface area contributed by atoms with Crippen LogP contribution in [-0.2, 0) is 14.3 Å². The second-order valence-corrected chi connectivity index (χ2v) is 10.3. The number of nitrogens with zero attached hydrogens (tertiary/aromatic N) is 1. The van der Waals surface area contributed by atoms with Gasteiger partial charge in [0, 0.05) is 29.3 Å². The molecule has 3 atom stereocenters. The van der Waals surface area contributed by atoms with Gasteiger partial charge in [-0.25, -0.2) is 0 Å². The molecule has 0 saturated heterocycles. The van der Waals surface area contributed by atoms with E-state index in [1.165, 1.54) is 7.11 Å². The highest BCUT2D eigenvalue weighted by Crippen LogP contribution is 2.49. The second-order valence-electron chi connectivity index (χ2n) is 9.89. The van der Waals surface area contributed by atoms with E-state index in [-0.39, 0.29) is 41.4 Å². The number of phenolic OH excluding ortho intramolecular Hbond substituents is 1. The van der Waals surface area contributed by atoms with Crippen molar-refractivity contribution in [2.75, 3.05) is 20.3 Å². The number of benzene rings is 3. The van der Waals surface area contributed by atoms with Crippen molar-refractivity contribution < 1.29 is 28.9 Å². The van der Waals surface area contributed by atoms with Crippen LogP contribution in [0.25, 0.3) is 0 Å². The van der Waals surface area contributed by atoms with Crippen LogP contribution >= 0.6 is 11.6 Å². The van der Waals surface area contributed by atoms with Crippen molar-refractivity contribution in [3.8, 4) is 17.2 Å². The number of allylic oxidation sites excluding steroid dienone is 2. The Kier molecular flexibility index (Phi) is 8.21. The number of hydrogen-bond donors (Lipinski definition) is 1. The van der Waals surface area contributed by atoms with Crippen LogP contribution in [0, 0.1) is 5.92 Å². The highest BCUT2D eigenvalue weighted by atomic mass is 35.5. The Bertz CT molecular complexity index is 1470. The van der Waals surface area contributed by atoms with Crippen molar-refractivity contribution >= 4 is 29.1 Å². The van der Waals surface area contributed by atoms with Gasteiger partial charge in [0.05, 0.1) is 12.1 Å². The number of ether oxygens (including phenoxy) is 3. The summed E-state index contributed by atoms with van der Waals surface area (Å²) in [4.78, 5) is 32.1. The fourth-order valence-corrected chi connectivity index (χ4v) is 5.74.